The fourth-order valence-corrected chi connectivity index (χ4v) is 4.52. The molecule has 0 spiro atoms. The third-order valence-electron chi connectivity index (χ3n) is 3.63. The molecule has 0 aliphatic heterocycles. The van der Waals surface area contributed by atoms with Crippen LogP contribution in [0, 0.1) is 5.41 Å². The number of aromatic nitrogens is 1. The topological polar surface area (TPSA) is 83.4 Å². The molecule has 6 nitrogen and oxygen atoms in total. The molecule has 2 rings (SSSR count). The molecule has 0 unspecified atom stereocenters. The molecule has 0 aromatic carbocycles. The van der Waals surface area contributed by atoms with Gasteiger partial charge in [0.2, 0.25) is 0 Å². The quantitative estimate of drug-likeness (QED) is 0.576. The second-order valence-corrected chi connectivity index (χ2v) is 9.06. The first-order valence-corrected chi connectivity index (χ1v) is 10.1. The summed E-state index contributed by atoms with van der Waals surface area (Å²) >= 11 is 0.917. The van der Waals surface area contributed by atoms with Crippen molar-refractivity contribution in [3.63, 3.8) is 0 Å². The van der Waals surface area contributed by atoms with E-state index in [0.29, 0.717) is 17.5 Å². The van der Waals surface area contributed by atoms with Gasteiger partial charge in [0.15, 0.2) is 11.7 Å². The van der Waals surface area contributed by atoms with Crippen LogP contribution in [0.1, 0.15) is 23.5 Å². The van der Waals surface area contributed by atoms with Crippen LogP contribution in [0.4, 0.5) is 13.2 Å². The van der Waals surface area contributed by atoms with Gasteiger partial charge in [0.05, 0.1) is 12.3 Å². The molecule has 1 saturated carbocycles. The lowest BCUT2D eigenvalue weighted by molar-refractivity contribution is -0.140. The van der Waals surface area contributed by atoms with Gasteiger partial charge in [0.25, 0.3) is 0 Å². The van der Waals surface area contributed by atoms with Gasteiger partial charge in [-0.1, -0.05) is 0 Å². The molecule has 1 aliphatic carbocycles. The zero-order valence-electron chi connectivity index (χ0n) is 13.3. The summed E-state index contributed by atoms with van der Waals surface area (Å²) in [4.78, 5) is 7.51. The van der Waals surface area contributed by atoms with Gasteiger partial charge < -0.3 is 10.6 Å². The van der Waals surface area contributed by atoms with Crippen LogP contribution in [0.2, 0.25) is 0 Å². The van der Waals surface area contributed by atoms with Crippen molar-refractivity contribution in [1.82, 2.24) is 15.6 Å². The van der Waals surface area contributed by atoms with Crippen molar-refractivity contribution >= 4 is 27.1 Å². The Labute approximate surface area is 142 Å². The predicted octanol–water partition coefficient (Wildman–Crippen LogP) is 1.65. The third kappa shape index (κ3) is 5.62. The first kappa shape index (κ1) is 19.0. The van der Waals surface area contributed by atoms with Gasteiger partial charge in [-0.15, -0.1) is 11.3 Å². The van der Waals surface area contributed by atoms with E-state index in [1.165, 1.54) is 13.3 Å². The molecule has 0 atom stereocenters. The van der Waals surface area contributed by atoms with Crippen LogP contribution in [0.3, 0.4) is 0 Å². The maximum atomic E-state index is 12.5. The molecule has 2 N–H and O–H groups in total. The summed E-state index contributed by atoms with van der Waals surface area (Å²) in [6, 6.07) is 0. The summed E-state index contributed by atoms with van der Waals surface area (Å²) in [6.07, 6.45) is -1.59. The fourth-order valence-electron chi connectivity index (χ4n) is 2.28. The number of nitrogens with one attached hydrogen (secondary N) is 2. The molecule has 0 amide bonds. The molecule has 0 bridgehead atoms. The van der Waals surface area contributed by atoms with E-state index >= 15 is 0 Å². The molecule has 1 fully saturated rings. The highest BCUT2D eigenvalue weighted by Crippen LogP contribution is 2.46. The summed E-state index contributed by atoms with van der Waals surface area (Å²) in [5, 5.41) is 7.18. The molecular weight excluding hydrogens is 365 g/mol. The number of halogens is 3. The minimum Gasteiger partial charge on any atom is -0.356 e. The van der Waals surface area contributed by atoms with Crippen molar-refractivity contribution in [3.8, 4) is 0 Å². The molecule has 0 saturated heterocycles. The smallest absolute Gasteiger partial charge is 0.356 e. The maximum Gasteiger partial charge on any atom is 0.434 e. The Hall–Kier alpha value is -1.36. The molecule has 11 heteroatoms. The van der Waals surface area contributed by atoms with Gasteiger partial charge >= 0.3 is 6.18 Å². The summed E-state index contributed by atoms with van der Waals surface area (Å²) in [6.45, 7) is 0.560. The Bertz CT molecular complexity index is 709. The molecular formula is C13H19F3N4O2S2. The molecule has 24 heavy (non-hydrogen) atoms. The first-order valence-electron chi connectivity index (χ1n) is 7.17. The highest BCUT2D eigenvalue weighted by molar-refractivity contribution is 7.90. The number of hydrogen-bond donors (Lipinski definition) is 2. The van der Waals surface area contributed by atoms with E-state index in [0.717, 1.165) is 29.6 Å². The van der Waals surface area contributed by atoms with Crippen LogP contribution in [0.5, 0.6) is 0 Å². The summed E-state index contributed by atoms with van der Waals surface area (Å²) in [5.74, 6) is 0.518. The normalized spacial score (nSPS) is 17.6. The number of thiazole rings is 1. The van der Waals surface area contributed by atoms with Crippen molar-refractivity contribution in [1.29, 1.82) is 0 Å². The van der Waals surface area contributed by atoms with Crippen molar-refractivity contribution in [2.45, 2.75) is 25.6 Å². The Morgan fingerprint density at radius 1 is 1.42 bits per heavy atom. The van der Waals surface area contributed by atoms with E-state index in [9.17, 15) is 21.6 Å². The average Bonchev–Trinajstić information content (AvgIpc) is 2.99. The number of sulfone groups is 1. The SMILES string of the molecule is CN=C(NCc1nc(C(F)(F)F)cs1)NCC1(CS(C)(=O)=O)CC1. The van der Waals surface area contributed by atoms with Crippen LogP contribution in [-0.4, -0.2) is 45.0 Å². The Morgan fingerprint density at radius 3 is 2.54 bits per heavy atom. The summed E-state index contributed by atoms with van der Waals surface area (Å²) < 4.78 is 60.3. The standard InChI is InChI=1S/C13H19F3N4O2S2/c1-17-11(19-7-12(3-4-12)8-24(2,21)22)18-5-10-20-9(6-23-10)13(14,15)16/h6H,3-5,7-8H2,1-2H3,(H2,17,18,19). The number of nitrogens with zero attached hydrogens (tertiary/aromatic N) is 2. The van der Waals surface area contributed by atoms with Gasteiger partial charge in [0, 0.05) is 30.6 Å². The van der Waals surface area contributed by atoms with E-state index in [1.807, 2.05) is 0 Å². The maximum absolute atomic E-state index is 12.5. The average molecular weight is 384 g/mol. The number of aliphatic imine (C=N–C) groups is 1. The van der Waals surface area contributed by atoms with Crippen LogP contribution < -0.4 is 10.6 Å². The minimum absolute atomic E-state index is 0.111. The molecule has 1 aromatic heterocycles. The van der Waals surface area contributed by atoms with Crippen molar-refractivity contribution in [2.24, 2.45) is 10.4 Å². The van der Waals surface area contributed by atoms with Crippen LogP contribution >= 0.6 is 11.3 Å². The van der Waals surface area contributed by atoms with E-state index < -0.39 is 21.7 Å². The lowest BCUT2D eigenvalue weighted by Crippen LogP contribution is -2.41. The lowest BCUT2D eigenvalue weighted by atomic mass is 10.1. The van der Waals surface area contributed by atoms with Gasteiger partial charge in [0.1, 0.15) is 14.8 Å². The van der Waals surface area contributed by atoms with Gasteiger partial charge in [-0.3, -0.25) is 4.99 Å². The van der Waals surface area contributed by atoms with Gasteiger partial charge in [-0.2, -0.15) is 13.2 Å². The zero-order valence-corrected chi connectivity index (χ0v) is 14.9. The largest absolute Gasteiger partial charge is 0.434 e. The molecule has 1 aromatic rings. The van der Waals surface area contributed by atoms with Crippen molar-refractivity contribution in [2.75, 3.05) is 25.6 Å². The van der Waals surface area contributed by atoms with E-state index in [4.69, 9.17) is 0 Å². The molecule has 1 heterocycles. The predicted molar refractivity (Wildman–Crippen MR) is 86.7 cm³/mol. The second kappa shape index (κ2) is 6.87. The number of alkyl halides is 3. The monoisotopic (exact) mass is 384 g/mol. The van der Waals surface area contributed by atoms with Gasteiger partial charge in [-0.05, 0) is 12.8 Å². The Kier molecular flexibility index (Phi) is 5.43. The highest BCUT2D eigenvalue weighted by Gasteiger charge is 2.45. The van der Waals surface area contributed by atoms with Crippen LogP contribution in [0.25, 0.3) is 0 Å². The molecule has 136 valence electrons. The minimum atomic E-state index is -4.45. The molecule has 1 aliphatic rings. The summed E-state index contributed by atoms with van der Waals surface area (Å²) in [7, 11) is -1.52. The lowest BCUT2D eigenvalue weighted by Gasteiger charge is -2.17. The van der Waals surface area contributed by atoms with E-state index in [1.54, 1.807) is 0 Å². The van der Waals surface area contributed by atoms with Crippen molar-refractivity contribution in [3.05, 3.63) is 16.1 Å². The zero-order chi connectivity index (χ0) is 18.0. The Balaban J connectivity index is 1.84. The van der Waals surface area contributed by atoms with Gasteiger partial charge in [-0.25, -0.2) is 13.4 Å². The van der Waals surface area contributed by atoms with Crippen LogP contribution in [0.15, 0.2) is 10.4 Å². The highest BCUT2D eigenvalue weighted by atomic mass is 32.2. The van der Waals surface area contributed by atoms with Crippen LogP contribution in [-0.2, 0) is 22.6 Å². The second-order valence-electron chi connectivity index (χ2n) is 5.97. The summed E-state index contributed by atoms with van der Waals surface area (Å²) in [5.41, 5.74) is -1.17. The number of hydrogen-bond acceptors (Lipinski definition) is 5. The Morgan fingerprint density at radius 2 is 2.08 bits per heavy atom. The van der Waals surface area contributed by atoms with E-state index in [2.05, 4.69) is 20.6 Å². The molecule has 0 radical (unpaired) electrons. The number of rotatable bonds is 6. The first-order chi connectivity index (χ1) is 11.0. The third-order valence-corrected chi connectivity index (χ3v) is 5.61. The number of guanidine groups is 1. The van der Waals surface area contributed by atoms with E-state index in [-0.39, 0.29) is 17.7 Å². The van der Waals surface area contributed by atoms with Crippen molar-refractivity contribution < 1.29 is 21.6 Å². The fraction of sp³-hybridized carbons (Fsp3) is 0.692.